The van der Waals surface area contributed by atoms with Gasteiger partial charge in [-0.1, -0.05) is 31.0 Å². The molecule has 0 bridgehead atoms. The van der Waals surface area contributed by atoms with E-state index in [0.29, 0.717) is 17.3 Å². The van der Waals surface area contributed by atoms with Crippen LogP contribution in [0.15, 0.2) is 48.7 Å². The second-order valence-corrected chi connectivity index (χ2v) is 6.36. The molecule has 2 aromatic heterocycles. The summed E-state index contributed by atoms with van der Waals surface area (Å²) >= 11 is 6.11. The van der Waals surface area contributed by atoms with Crippen LogP contribution >= 0.6 is 11.6 Å². The van der Waals surface area contributed by atoms with Crippen LogP contribution in [0.4, 0.5) is 0 Å². The van der Waals surface area contributed by atoms with E-state index >= 15 is 0 Å². The number of unbranched alkanes of at least 4 members (excludes halogenated alkanes) is 1. The second kappa shape index (κ2) is 7.57. The number of aromatic nitrogens is 3. The molecule has 3 aromatic rings. The monoisotopic (exact) mass is 356 g/mol. The topological polar surface area (TPSA) is 51.9 Å². The van der Waals surface area contributed by atoms with Crippen molar-refractivity contribution >= 4 is 17.5 Å². The molecule has 1 amide bonds. The normalized spacial score (nSPS) is 10.8. The predicted octanol–water partition coefficient (Wildman–Crippen LogP) is 4.06. The minimum atomic E-state index is -0.138. The van der Waals surface area contributed by atoms with Crippen molar-refractivity contribution in [3.8, 4) is 17.1 Å². The van der Waals surface area contributed by atoms with Crippen molar-refractivity contribution in [1.29, 1.82) is 0 Å². The molecule has 0 saturated carbocycles. The van der Waals surface area contributed by atoms with Gasteiger partial charge in [0.25, 0.3) is 5.91 Å². The van der Waals surface area contributed by atoms with Gasteiger partial charge in [0.2, 0.25) is 0 Å². The van der Waals surface area contributed by atoms with Crippen molar-refractivity contribution in [2.75, 3.05) is 6.54 Å². The molecule has 3 rings (SSSR count). The molecule has 0 aliphatic carbocycles. The Bertz CT molecular complexity index is 881. The zero-order valence-corrected chi connectivity index (χ0v) is 15.1. The Morgan fingerprint density at radius 2 is 2.08 bits per heavy atom. The minimum absolute atomic E-state index is 0.138. The van der Waals surface area contributed by atoms with Gasteiger partial charge in [-0.3, -0.25) is 4.79 Å². The third kappa shape index (κ3) is 3.77. The maximum absolute atomic E-state index is 12.7. The summed E-state index contributed by atoms with van der Waals surface area (Å²) in [5, 5.41) is 8.21. The summed E-state index contributed by atoms with van der Waals surface area (Å²) in [5.74, 6) is -0.138. The summed E-state index contributed by atoms with van der Waals surface area (Å²) in [7, 11) is 1.95. The summed E-state index contributed by atoms with van der Waals surface area (Å²) in [6.45, 7) is 2.74. The first kappa shape index (κ1) is 17.3. The third-order valence-corrected chi connectivity index (χ3v) is 4.25. The average molecular weight is 357 g/mol. The molecule has 0 aliphatic rings. The smallest absolute Gasteiger partial charge is 0.270 e. The van der Waals surface area contributed by atoms with Gasteiger partial charge in [0.05, 0.1) is 11.4 Å². The zero-order valence-electron chi connectivity index (χ0n) is 14.4. The molecular formula is C19H21ClN4O. The van der Waals surface area contributed by atoms with Crippen LogP contribution in [0.25, 0.3) is 17.1 Å². The number of halogens is 1. The van der Waals surface area contributed by atoms with Gasteiger partial charge >= 0.3 is 0 Å². The third-order valence-electron chi connectivity index (χ3n) is 4.02. The van der Waals surface area contributed by atoms with E-state index < -0.39 is 0 Å². The number of carbonyl (C=O) groups excluding carboxylic acids is 1. The maximum atomic E-state index is 12.7. The Balaban J connectivity index is 2.03. The lowest BCUT2D eigenvalue weighted by Gasteiger charge is -2.08. The number of hydrogen-bond acceptors (Lipinski definition) is 2. The van der Waals surface area contributed by atoms with Crippen molar-refractivity contribution in [3.63, 3.8) is 0 Å². The van der Waals surface area contributed by atoms with Crippen LogP contribution in [0.2, 0.25) is 5.02 Å². The second-order valence-electron chi connectivity index (χ2n) is 5.92. The van der Waals surface area contributed by atoms with Gasteiger partial charge in [-0.2, -0.15) is 5.10 Å². The Labute approximate surface area is 152 Å². The fraction of sp³-hybridized carbons (Fsp3) is 0.263. The molecule has 25 heavy (non-hydrogen) atoms. The summed E-state index contributed by atoms with van der Waals surface area (Å²) < 4.78 is 3.62. The van der Waals surface area contributed by atoms with Gasteiger partial charge in [0.1, 0.15) is 11.4 Å². The lowest BCUT2D eigenvalue weighted by atomic mass is 10.2. The largest absolute Gasteiger partial charge is 0.351 e. The van der Waals surface area contributed by atoms with Crippen LogP contribution in [-0.2, 0) is 7.05 Å². The Morgan fingerprint density at radius 3 is 2.76 bits per heavy atom. The van der Waals surface area contributed by atoms with E-state index in [1.165, 1.54) is 0 Å². The van der Waals surface area contributed by atoms with Crippen LogP contribution < -0.4 is 5.32 Å². The maximum Gasteiger partial charge on any atom is 0.270 e. The highest BCUT2D eigenvalue weighted by Crippen LogP contribution is 2.23. The molecule has 0 saturated heterocycles. The summed E-state index contributed by atoms with van der Waals surface area (Å²) in [5.41, 5.74) is 2.94. The first-order valence-corrected chi connectivity index (χ1v) is 8.74. The van der Waals surface area contributed by atoms with E-state index in [1.54, 1.807) is 16.8 Å². The summed E-state index contributed by atoms with van der Waals surface area (Å²) in [6.07, 6.45) is 3.93. The average Bonchev–Trinajstić information content (AvgIpc) is 3.21. The van der Waals surface area contributed by atoms with Gasteiger partial charge in [0.15, 0.2) is 0 Å². The molecule has 0 aliphatic heterocycles. The van der Waals surface area contributed by atoms with E-state index in [1.807, 2.05) is 48.1 Å². The van der Waals surface area contributed by atoms with E-state index in [-0.39, 0.29) is 5.91 Å². The zero-order chi connectivity index (χ0) is 17.8. The molecule has 6 heteroatoms. The number of nitrogens with zero attached hydrogens (tertiary/aromatic N) is 3. The highest BCUT2D eigenvalue weighted by molar-refractivity contribution is 6.30. The van der Waals surface area contributed by atoms with Crippen molar-refractivity contribution in [3.05, 3.63) is 59.4 Å². The van der Waals surface area contributed by atoms with Gasteiger partial charge in [-0.15, -0.1) is 0 Å². The highest BCUT2D eigenvalue weighted by Gasteiger charge is 2.18. The van der Waals surface area contributed by atoms with E-state index in [2.05, 4.69) is 17.3 Å². The van der Waals surface area contributed by atoms with Crippen LogP contribution in [0.3, 0.4) is 0 Å². The fourth-order valence-electron chi connectivity index (χ4n) is 2.67. The Kier molecular flexibility index (Phi) is 5.24. The molecular weight excluding hydrogens is 336 g/mol. The van der Waals surface area contributed by atoms with Crippen molar-refractivity contribution in [2.45, 2.75) is 19.8 Å². The molecule has 1 N–H and O–H groups in total. The summed E-state index contributed by atoms with van der Waals surface area (Å²) in [6, 6.07) is 13.1. The molecule has 0 unspecified atom stereocenters. The van der Waals surface area contributed by atoms with Crippen molar-refractivity contribution in [1.82, 2.24) is 19.7 Å². The Hall–Kier alpha value is -2.53. The number of aryl methyl sites for hydroxylation is 1. The number of rotatable bonds is 6. The van der Waals surface area contributed by atoms with Crippen LogP contribution in [-0.4, -0.2) is 26.8 Å². The lowest BCUT2D eigenvalue weighted by Crippen LogP contribution is -2.26. The van der Waals surface area contributed by atoms with E-state index in [4.69, 9.17) is 11.6 Å². The van der Waals surface area contributed by atoms with Crippen molar-refractivity contribution < 1.29 is 4.79 Å². The van der Waals surface area contributed by atoms with Gasteiger partial charge in [0, 0.05) is 24.8 Å². The predicted molar refractivity (Wildman–Crippen MR) is 100 cm³/mol. The van der Waals surface area contributed by atoms with E-state index in [9.17, 15) is 4.79 Å². The number of benzene rings is 1. The SMILES string of the molecule is CCCCNC(=O)c1cc(-c2cccn2C)nn1-c1cccc(Cl)c1. The minimum Gasteiger partial charge on any atom is -0.351 e. The van der Waals surface area contributed by atoms with Gasteiger partial charge in [-0.25, -0.2) is 4.68 Å². The summed E-state index contributed by atoms with van der Waals surface area (Å²) in [4.78, 5) is 12.7. The van der Waals surface area contributed by atoms with Crippen LogP contribution in [0.5, 0.6) is 0 Å². The number of amides is 1. The van der Waals surface area contributed by atoms with E-state index in [0.717, 1.165) is 29.9 Å². The van der Waals surface area contributed by atoms with Crippen LogP contribution in [0.1, 0.15) is 30.3 Å². The molecule has 0 fully saturated rings. The quantitative estimate of drug-likeness (QED) is 0.677. The van der Waals surface area contributed by atoms with Crippen LogP contribution in [0, 0.1) is 0 Å². The number of hydrogen-bond donors (Lipinski definition) is 1. The highest BCUT2D eigenvalue weighted by atomic mass is 35.5. The fourth-order valence-corrected chi connectivity index (χ4v) is 2.85. The van der Waals surface area contributed by atoms with Gasteiger partial charge in [-0.05, 0) is 42.8 Å². The first-order chi connectivity index (χ1) is 12.1. The molecule has 5 nitrogen and oxygen atoms in total. The number of nitrogens with one attached hydrogen (secondary N) is 1. The molecule has 0 spiro atoms. The molecule has 0 atom stereocenters. The molecule has 130 valence electrons. The first-order valence-electron chi connectivity index (χ1n) is 8.36. The Morgan fingerprint density at radius 1 is 1.24 bits per heavy atom. The molecule has 1 aromatic carbocycles. The number of carbonyl (C=O) groups is 1. The van der Waals surface area contributed by atoms with Gasteiger partial charge < -0.3 is 9.88 Å². The standard InChI is InChI=1S/C19H21ClN4O/c1-3-4-10-21-19(25)18-13-16(17-9-6-11-23(17)2)22-24(18)15-8-5-7-14(20)12-15/h5-9,11-13H,3-4,10H2,1-2H3,(H,21,25). The van der Waals surface area contributed by atoms with Crippen molar-refractivity contribution in [2.24, 2.45) is 7.05 Å². The lowest BCUT2D eigenvalue weighted by molar-refractivity contribution is 0.0945. The molecule has 0 radical (unpaired) electrons. The molecule has 2 heterocycles.